The Balaban J connectivity index is 2.67. The minimum absolute atomic E-state index is 0.198. The quantitative estimate of drug-likeness (QED) is 0.328. The van der Waals surface area contributed by atoms with Crippen molar-refractivity contribution >= 4 is 12.3 Å². The second kappa shape index (κ2) is 3.46. The minimum atomic E-state index is 0.198. The Bertz CT molecular complexity index is 210. The van der Waals surface area contributed by atoms with Gasteiger partial charge in [0, 0.05) is 0 Å². The van der Waals surface area contributed by atoms with Gasteiger partial charge in [0.15, 0.2) is 0 Å². The SMILES string of the molecule is ON/C=N/c1nccnn1. The summed E-state index contributed by atoms with van der Waals surface area (Å²) in [4.78, 5) is 7.25. The highest BCUT2D eigenvalue weighted by Crippen LogP contribution is 1.93. The van der Waals surface area contributed by atoms with E-state index in [1.54, 1.807) is 5.48 Å². The third-order valence-electron chi connectivity index (χ3n) is 0.708. The molecule has 1 rings (SSSR count). The first kappa shape index (κ1) is 6.56. The molecule has 0 aromatic carbocycles. The number of hydrogen-bond donors (Lipinski definition) is 2. The van der Waals surface area contributed by atoms with E-state index in [-0.39, 0.29) is 5.95 Å². The molecule has 1 aromatic rings. The van der Waals surface area contributed by atoms with Gasteiger partial charge < -0.3 is 0 Å². The molecular weight excluding hydrogens is 134 g/mol. The fourth-order valence-electron chi connectivity index (χ4n) is 0.386. The summed E-state index contributed by atoms with van der Waals surface area (Å²) in [5, 5.41) is 15.1. The zero-order chi connectivity index (χ0) is 7.23. The highest BCUT2D eigenvalue weighted by Gasteiger charge is 1.85. The van der Waals surface area contributed by atoms with Crippen LogP contribution in [-0.2, 0) is 0 Å². The van der Waals surface area contributed by atoms with E-state index in [0.717, 1.165) is 6.34 Å². The number of aliphatic imine (C=N–C) groups is 1. The van der Waals surface area contributed by atoms with E-state index >= 15 is 0 Å². The predicted octanol–water partition coefficient (Wildman–Crippen LogP) is -0.490. The van der Waals surface area contributed by atoms with E-state index in [2.05, 4.69) is 20.2 Å². The Morgan fingerprint density at radius 3 is 3.10 bits per heavy atom. The molecule has 0 unspecified atom stereocenters. The zero-order valence-electron chi connectivity index (χ0n) is 4.97. The van der Waals surface area contributed by atoms with Gasteiger partial charge in [0.25, 0.3) is 5.95 Å². The second-order valence-electron chi connectivity index (χ2n) is 1.33. The van der Waals surface area contributed by atoms with Gasteiger partial charge in [0.05, 0.1) is 12.4 Å². The molecule has 0 amide bonds. The maximum absolute atomic E-state index is 8.05. The van der Waals surface area contributed by atoms with Gasteiger partial charge in [-0.3, -0.25) is 10.7 Å². The molecule has 1 heterocycles. The van der Waals surface area contributed by atoms with E-state index in [1.807, 2.05) is 0 Å². The topological polar surface area (TPSA) is 83.3 Å². The molecule has 0 bridgehead atoms. The third-order valence-corrected chi connectivity index (χ3v) is 0.708. The molecule has 0 atom stereocenters. The Morgan fingerprint density at radius 1 is 1.60 bits per heavy atom. The Kier molecular flexibility index (Phi) is 2.27. The molecular formula is C4H5N5O. The zero-order valence-corrected chi connectivity index (χ0v) is 4.97. The third kappa shape index (κ3) is 1.75. The number of aromatic nitrogens is 3. The summed E-state index contributed by atoms with van der Waals surface area (Å²) in [6, 6.07) is 0. The summed E-state index contributed by atoms with van der Waals surface area (Å²) < 4.78 is 0. The molecule has 0 saturated carbocycles. The van der Waals surface area contributed by atoms with Crippen LogP contribution in [0.5, 0.6) is 0 Å². The lowest BCUT2D eigenvalue weighted by molar-refractivity contribution is 0.240. The first-order chi connectivity index (χ1) is 4.93. The largest absolute Gasteiger partial charge is 0.290 e. The average Bonchev–Trinajstić information content (AvgIpc) is 2.03. The first-order valence-electron chi connectivity index (χ1n) is 2.49. The number of hydrogen-bond acceptors (Lipinski definition) is 5. The van der Waals surface area contributed by atoms with E-state index in [4.69, 9.17) is 5.21 Å². The summed E-state index contributed by atoms with van der Waals surface area (Å²) in [5.74, 6) is 0.198. The molecule has 2 N–H and O–H groups in total. The number of nitrogens with zero attached hydrogens (tertiary/aromatic N) is 4. The van der Waals surface area contributed by atoms with Crippen LogP contribution in [0.25, 0.3) is 0 Å². The van der Waals surface area contributed by atoms with Crippen LogP contribution < -0.4 is 5.48 Å². The van der Waals surface area contributed by atoms with Crippen molar-refractivity contribution in [1.82, 2.24) is 20.7 Å². The van der Waals surface area contributed by atoms with Crippen molar-refractivity contribution in [2.45, 2.75) is 0 Å². The summed E-state index contributed by atoms with van der Waals surface area (Å²) in [5.41, 5.74) is 1.72. The normalized spacial score (nSPS) is 10.1. The molecule has 0 aliphatic carbocycles. The summed E-state index contributed by atoms with van der Waals surface area (Å²) >= 11 is 0. The van der Waals surface area contributed by atoms with Crippen LogP contribution in [0.1, 0.15) is 0 Å². The molecule has 1 aromatic heterocycles. The standard InChI is InChI=1S/C4H5N5O/c10-8-3-6-4-5-1-2-7-9-4/h1-3,10H,(H,5,6,8,9). The van der Waals surface area contributed by atoms with Crippen LogP contribution in [0.3, 0.4) is 0 Å². The van der Waals surface area contributed by atoms with Gasteiger partial charge in [-0.05, 0) is 0 Å². The fraction of sp³-hybridized carbons (Fsp3) is 0. The minimum Gasteiger partial charge on any atom is -0.290 e. The number of nitrogens with one attached hydrogen (secondary N) is 1. The van der Waals surface area contributed by atoms with E-state index in [0.29, 0.717) is 0 Å². The number of rotatable bonds is 2. The van der Waals surface area contributed by atoms with Gasteiger partial charge in [-0.25, -0.2) is 4.98 Å². The average molecular weight is 139 g/mol. The molecule has 52 valence electrons. The van der Waals surface area contributed by atoms with Crippen LogP contribution in [0.15, 0.2) is 17.4 Å². The van der Waals surface area contributed by atoms with E-state index in [1.165, 1.54) is 12.4 Å². The molecule has 0 radical (unpaired) electrons. The van der Waals surface area contributed by atoms with Crippen molar-refractivity contribution in [1.29, 1.82) is 0 Å². The molecule has 0 saturated heterocycles. The van der Waals surface area contributed by atoms with Gasteiger partial charge in [-0.15, -0.1) is 5.10 Å². The monoisotopic (exact) mass is 139 g/mol. The lowest BCUT2D eigenvalue weighted by atomic mass is 10.9. The van der Waals surface area contributed by atoms with Crippen molar-refractivity contribution in [3.8, 4) is 0 Å². The maximum atomic E-state index is 8.05. The van der Waals surface area contributed by atoms with Crippen molar-refractivity contribution in [3.63, 3.8) is 0 Å². The van der Waals surface area contributed by atoms with Crippen LogP contribution >= 0.6 is 0 Å². The van der Waals surface area contributed by atoms with Crippen molar-refractivity contribution in [2.75, 3.05) is 0 Å². The van der Waals surface area contributed by atoms with Crippen molar-refractivity contribution in [3.05, 3.63) is 12.4 Å². The molecule has 0 aliphatic heterocycles. The van der Waals surface area contributed by atoms with Gasteiger partial charge in [0.1, 0.15) is 6.34 Å². The van der Waals surface area contributed by atoms with Crippen molar-refractivity contribution in [2.24, 2.45) is 4.99 Å². The summed E-state index contributed by atoms with van der Waals surface area (Å²) in [7, 11) is 0. The maximum Gasteiger partial charge on any atom is 0.270 e. The lowest BCUT2D eigenvalue weighted by Gasteiger charge is -1.85. The molecule has 0 spiro atoms. The molecule has 6 heteroatoms. The van der Waals surface area contributed by atoms with Crippen LogP contribution in [0.4, 0.5) is 5.95 Å². The highest BCUT2D eigenvalue weighted by atomic mass is 16.5. The Labute approximate surface area is 56.6 Å². The van der Waals surface area contributed by atoms with Gasteiger partial charge in [-0.1, -0.05) is 0 Å². The molecule has 0 aliphatic rings. The fourth-order valence-corrected chi connectivity index (χ4v) is 0.386. The lowest BCUT2D eigenvalue weighted by Crippen LogP contribution is -2.01. The number of hydroxylamine groups is 1. The second-order valence-corrected chi connectivity index (χ2v) is 1.33. The molecule has 10 heavy (non-hydrogen) atoms. The molecule has 6 nitrogen and oxygen atoms in total. The van der Waals surface area contributed by atoms with Gasteiger partial charge in [0.2, 0.25) is 0 Å². The summed E-state index contributed by atoms with van der Waals surface area (Å²) in [6.45, 7) is 0. The van der Waals surface area contributed by atoms with Crippen LogP contribution in [-0.4, -0.2) is 26.7 Å². The Morgan fingerprint density at radius 2 is 2.50 bits per heavy atom. The van der Waals surface area contributed by atoms with Crippen molar-refractivity contribution < 1.29 is 5.21 Å². The summed E-state index contributed by atoms with van der Waals surface area (Å²) in [6.07, 6.45) is 3.94. The van der Waals surface area contributed by atoms with Crippen LogP contribution in [0.2, 0.25) is 0 Å². The van der Waals surface area contributed by atoms with Crippen LogP contribution in [0, 0.1) is 0 Å². The molecule has 0 fully saturated rings. The van der Waals surface area contributed by atoms with E-state index in [9.17, 15) is 0 Å². The van der Waals surface area contributed by atoms with Gasteiger partial charge in [-0.2, -0.15) is 10.1 Å². The predicted molar refractivity (Wildman–Crippen MR) is 32.9 cm³/mol. The smallest absolute Gasteiger partial charge is 0.270 e. The highest BCUT2D eigenvalue weighted by molar-refractivity contribution is 5.55. The Hall–Kier alpha value is -1.56. The first-order valence-corrected chi connectivity index (χ1v) is 2.49. The van der Waals surface area contributed by atoms with E-state index < -0.39 is 0 Å². The van der Waals surface area contributed by atoms with Gasteiger partial charge >= 0.3 is 0 Å².